The molecule has 0 fully saturated rings. The molecule has 0 aliphatic heterocycles. The molecule has 0 bridgehead atoms. The molecule has 0 amide bonds. The largest absolute Gasteiger partial charge is 0.384 e. The highest BCUT2D eigenvalue weighted by atomic mass is 32.2. The Morgan fingerprint density at radius 1 is 1.43 bits per heavy atom. The zero-order valence-electron chi connectivity index (χ0n) is 11.2. The Labute approximate surface area is 126 Å². The zero-order chi connectivity index (χ0) is 15.3. The summed E-state index contributed by atoms with van der Waals surface area (Å²) >= 11 is 1.46. The van der Waals surface area contributed by atoms with E-state index in [9.17, 15) is 8.42 Å². The van der Waals surface area contributed by atoms with E-state index in [4.69, 9.17) is 5.11 Å². The molecule has 0 unspecified atom stereocenters. The summed E-state index contributed by atoms with van der Waals surface area (Å²) in [5.41, 5.74) is 1.10. The van der Waals surface area contributed by atoms with Crippen molar-refractivity contribution in [2.24, 2.45) is 0 Å². The van der Waals surface area contributed by atoms with Crippen molar-refractivity contribution in [1.82, 2.24) is 14.7 Å². The van der Waals surface area contributed by atoms with Crippen molar-refractivity contribution in [3.05, 3.63) is 40.1 Å². The highest BCUT2D eigenvalue weighted by Gasteiger charge is 2.15. The lowest BCUT2D eigenvalue weighted by molar-refractivity contribution is 0.350. The molecule has 0 saturated carbocycles. The van der Waals surface area contributed by atoms with Gasteiger partial charge in [-0.1, -0.05) is 11.8 Å². The molecule has 8 heteroatoms. The van der Waals surface area contributed by atoms with Gasteiger partial charge in [0, 0.05) is 23.3 Å². The SMILES string of the molecule is Cc1nc(CNS(=O)(=O)c2cncc(C#CCO)c2)cs1. The first-order valence-electron chi connectivity index (χ1n) is 5.97. The summed E-state index contributed by atoms with van der Waals surface area (Å²) in [5.74, 6) is 5.06. The van der Waals surface area contributed by atoms with Gasteiger partial charge in [0.25, 0.3) is 0 Å². The van der Waals surface area contributed by atoms with Crippen LogP contribution in [0.1, 0.15) is 16.3 Å². The molecule has 0 spiro atoms. The first-order chi connectivity index (χ1) is 10.0. The van der Waals surface area contributed by atoms with Crippen LogP contribution in [0, 0.1) is 18.8 Å². The second-order valence-corrected chi connectivity index (χ2v) is 6.88. The van der Waals surface area contributed by atoms with Gasteiger partial charge in [-0.2, -0.15) is 0 Å². The van der Waals surface area contributed by atoms with Gasteiger partial charge in [0.15, 0.2) is 0 Å². The predicted octanol–water partition coefficient (Wildman–Crippen LogP) is 0.669. The lowest BCUT2D eigenvalue weighted by Gasteiger charge is -2.05. The van der Waals surface area contributed by atoms with Crippen LogP contribution in [0.3, 0.4) is 0 Å². The average molecular weight is 323 g/mol. The van der Waals surface area contributed by atoms with Crippen molar-refractivity contribution in [3.63, 3.8) is 0 Å². The maximum Gasteiger partial charge on any atom is 0.242 e. The van der Waals surface area contributed by atoms with Crippen LogP contribution in [0.2, 0.25) is 0 Å². The molecular weight excluding hydrogens is 310 g/mol. The molecule has 0 radical (unpaired) electrons. The molecule has 0 aliphatic rings. The van der Waals surface area contributed by atoms with Crippen molar-refractivity contribution in [2.45, 2.75) is 18.4 Å². The first kappa shape index (κ1) is 15.6. The third kappa shape index (κ3) is 4.34. The lowest BCUT2D eigenvalue weighted by atomic mass is 10.3. The molecule has 2 aromatic rings. The maximum absolute atomic E-state index is 12.2. The van der Waals surface area contributed by atoms with Crippen LogP contribution < -0.4 is 4.72 Å². The van der Waals surface area contributed by atoms with E-state index in [2.05, 4.69) is 26.5 Å². The number of hydrogen-bond acceptors (Lipinski definition) is 6. The Balaban J connectivity index is 2.15. The Kier molecular flexibility index (Phi) is 5.03. The van der Waals surface area contributed by atoms with Gasteiger partial charge in [0.2, 0.25) is 10.0 Å². The molecule has 2 heterocycles. The lowest BCUT2D eigenvalue weighted by Crippen LogP contribution is -2.23. The van der Waals surface area contributed by atoms with E-state index in [1.165, 1.54) is 29.8 Å². The topological polar surface area (TPSA) is 92.2 Å². The van der Waals surface area contributed by atoms with Crippen molar-refractivity contribution in [1.29, 1.82) is 0 Å². The number of pyridine rings is 1. The number of hydrogen-bond donors (Lipinski definition) is 2. The Morgan fingerprint density at radius 2 is 2.24 bits per heavy atom. The standard InChI is InChI=1S/C13H13N3O3S2/c1-10-16-12(9-20-10)7-15-21(18,19)13-5-11(3-2-4-17)6-14-8-13/h5-6,8-9,15,17H,4,7H2,1H3. The quantitative estimate of drug-likeness (QED) is 0.807. The van der Waals surface area contributed by atoms with E-state index in [1.807, 2.05) is 6.92 Å². The molecule has 110 valence electrons. The van der Waals surface area contributed by atoms with E-state index in [0.717, 1.165) is 5.01 Å². The summed E-state index contributed by atoms with van der Waals surface area (Å²) < 4.78 is 26.8. The number of nitrogens with zero attached hydrogens (tertiary/aromatic N) is 2. The Morgan fingerprint density at radius 3 is 2.90 bits per heavy atom. The Bertz CT molecular complexity index is 788. The summed E-state index contributed by atoms with van der Waals surface area (Å²) in [7, 11) is -3.67. The van der Waals surface area contributed by atoms with Crippen molar-refractivity contribution in [2.75, 3.05) is 6.61 Å². The van der Waals surface area contributed by atoms with Crippen molar-refractivity contribution >= 4 is 21.4 Å². The second-order valence-electron chi connectivity index (χ2n) is 4.05. The normalized spacial score (nSPS) is 11.0. The fraction of sp³-hybridized carbons (Fsp3) is 0.231. The maximum atomic E-state index is 12.2. The third-order valence-corrected chi connectivity index (χ3v) is 4.64. The van der Waals surface area contributed by atoms with E-state index in [-0.39, 0.29) is 18.0 Å². The van der Waals surface area contributed by atoms with Crippen LogP contribution >= 0.6 is 11.3 Å². The van der Waals surface area contributed by atoms with Crippen LogP contribution in [0.4, 0.5) is 0 Å². The minimum absolute atomic E-state index is 0.0270. The average Bonchev–Trinajstić information content (AvgIpc) is 2.89. The number of rotatable bonds is 4. The molecule has 0 saturated heterocycles. The summed E-state index contributed by atoms with van der Waals surface area (Å²) in [6, 6.07) is 1.41. The predicted molar refractivity (Wildman–Crippen MR) is 79.1 cm³/mol. The molecule has 2 N–H and O–H groups in total. The number of aliphatic hydroxyl groups is 1. The van der Waals surface area contributed by atoms with Gasteiger partial charge in [-0.15, -0.1) is 11.3 Å². The summed E-state index contributed by atoms with van der Waals surface area (Å²) in [5, 5.41) is 11.3. The molecule has 2 aromatic heterocycles. The van der Waals surface area contributed by atoms with E-state index in [1.54, 1.807) is 5.38 Å². The highest BCUT2D eigenvalue weighted by Crippen LogP contribution is 2.11. The van der Waals surface area contributed by atoms with Crippen molar-refractivity contribution < 1.29 is 13.5 Å². The van der Waals surface area contributed by atoms with Gasteiger partial charge in [-0.05, 0) is 13.0 Å². The molecule has 0 atom stereocenters. The van der Waals surface area contributed by atoms with Crippen LogP contribution in [-0.4, -0.2) is 30.1 Å². The van der Waals surface area contributed by atoms with Crippen molar-refractivity contribution in [3.8, 4) is 11.8 Å². The van der Waals surface area contributed by atoms with Gasteiger partial charge in [0.1, 0.15) is 11.5 Å². The van der Waals surface area contributed by atoms with E-state index < -0.39 is 10.0 Å². The van der Waals surface area contributed by atoms with E-state index in [0.29, 0.717) is 11.3 Å². The number of thiazole rings is 1. The molecule has 0 aliphatic carbocycles. The third-order valence-electron chi connectivity index (χ3n) is 2.45. The molecule has 2 rings (SSSR count). The summed E-state index contributed by atoms with van der Waals surface area (Å²) in [6.07, 6.45) is 2.68. The van der Waals surface area contributed by atoms with Gasteiger partial charge in [-0.3, -0.25) is 4.98 Å². The molecule has 0 aromatic carbocycles. The van der Waals surface area contributed by atoms with E-state index >= 15 is 0 Å². The smallest absolute Gasteiger partial charge is 0.242 e. The molecule has 6 nitrogen and oxygen atoms in total. The fourth-order valence-corrected chi connectivity index (χ4v) is 3.12. The second kappa shape index (κ2) is 6.78. The van der Waals surface area contributed by atoms with Gasteiger partial charge in [-0.25, -0.2) is 18.1 Å². The van der Waals surface area contributed by atoms with Crippen LogP contribution in [0.5, 0.6) is 0 Å². The minimum atomic E-state index is -3.67. The van der Waals surface area contributed by atoms with Gasteiger partial charge < -0.3 is 5.11 Å². The molecular formula is C13H13N3O3S2. The number of nitrogens with one attached hydrogen (secondary N) is 1. The van der Waals surface area contributed by atoms with Gasteiger partial charge in [0.05, 0.1) is 17.2 Å². The number of sulfonamides is 1. The van der Waals surface area contributed by atoms with Crippen LogP contribution in [0.25, 0.3) is 0 Å². The Hall–Kier alpha value is -1.79. The monoisotopic (exact) mass is 323 g/mol. The zero-order valence-corrected chi connectivity index (χ0v) is 12.8. The fourth-order valence-electron chi connectivity index (χ4n) is 1.52. The van der Waals surface area contributed by atoms with Crippen LogP contribution in [0.15, 0.2) is 28.7 Å². The summed E-state index contributed by atoms with van der Waals surface area (Å²) in [4.78, 5) is 8.06. The van der Waals surface area contributed by atoms with Crippen LogP contribution in [-0.2, 0) is 16.6 Å². The van der Waals surface area contributed by atoms with Gasteiger partial charge >= 0.3 is 0 Å². The molecule has 21 heavy (non-hydrogen) atoms. The minimum Gasteiger partial charge on any atom is -0.384 e. The number of aryl methyl sites for hydroxylation is 1. The number of aliphatic hydroxyl groups excluding tert-OH is 1. The summed E-state index contributed by atoms with van der Waals surface area (Å²) in [6.45, 7) is 1.69. The first-order valence-corrected chi connectivity index (χ1v) is 8.33. The highest BCUT2D eigenvalue weighted by molar-refractivity contribution is 7.89. The number of aromatic nitrogens is 2.